The summed E-state index contributed by atoms with van der Waals surface area (Å²) < 4.78 is 12.5. The summed E-state index contributed by atoms with van der Waals surface area (Å²) in [5, 5.41) is -0.211. The molecule has 1 aromatic carbocycles. The third-order valence-electron chi connectivity index (χ3n) is 3.30. The van der Waals surface area contributed by atoms with Crippen molar-refractivity contribution >= 4 is 51.6 Å². The monoisotopic (exact) mass is 475 g/mol. The van der Waals surface area contributed by atoms with Crippen LogP contribution in [0.3, 0.4) is 0 Å². The Morgan fingerprint density at radius 1 is 1.28 bits per heavy atom. The van der Waals surface area contributed by atoms with E-state index in [0.29, 0.717) is 29.6 Å². The van der Waals surface area contributed by atoms with Gasteiger partial charge in [0, 0.05) is 6.54 Å². The van der Waals surface area contributed by atoms with E-state index in [0.717, 1.165) is 27.3 Å². The third kappa shape index (κ3) is 4.91. The van der Waals surface area contributed by atoms with E-state index in [1.54, 1.807) is 6.08 Å². The molecular formula is C18H22INO4S. The zero-order valence-electron chi connectivity index (χ0n) is 14.8. The highest BCUT2D eigenvalue weighted by Crippen LogP contribution is 2.37. The highest BCUT2D eigenvalue weighted by atomic mass is 127. The second-order valence-electron chi connectivity index (χ2n) is 5.76. The van der Waals surface area contributed by atoms with Gasteiger partial charge in [0.2, 0.25) is 0 Å². The Kier molecular flexibility index (Phi) is 7.18. The Morgan fingerprint density at radius 3 is 2.60 bits per heavy atom. The molecule has 0 aromatic heterocycles. The van der Waals surface area contributed by atoms with Crippen LogP contribution in [-0.2, 0) is 4.79 Å². The summed E-state index contributed by atoms with van der Waals surface area (Å²) in [5.41, 5.74) is 0.811. The molecule has 2 rings (SSSR count). The van der Waals surface area contributed by atoms with E-state index in [1.165, 1.54) is 4.90 Å². The number of imide groups is 1. The second-order valence-corrected chi connectivity index (χ2v) is 7.92. The molecule has 0 spiro atoms. The standard InChI is InChI=1S/C18H22INO4S/c1-5-7-20-17(21)15(25-18(20)22)10-12-8-13(19)16(24-11(3)4)14(9-12)23-6-2/h8-11H,5-7H2,1-4H3/b15-10+. The number of amides is 2. The fraction of sp³-hybridized carbons (Fsp3) is 0.444. The van der Waals surface area contributed by atoms with Gasteiger partial charge in [-0.15, -0.1) is 0 Å². The van der Waals surface area contributed by atoms with Crippen LogP contribution in [0.15, 0.2) is 17.0 Å². The van der Waals surface area contributed by atoms with E-state index in [2.05, 4.69) is 22.6 Å². The molecule has 1 saturated heterocycles. The number of hydrogen-bond donors (Lipinski definition) is 0. The van der Waals surface area contributed by atoms with Crippen LogP contribution >= 0.6 is 34.4 Å². The van der Waals surface area contributed by atoms with Gasteiger partial charge in [0.25, 0.3) is 11.1 Å². The largest absolute Gasteiger partial charge is 0.490 e. The van der Waals surface area contributed by atoms with Gasteiger partial charge in [-0.3, -0.25) is 14.5 Å². The van der Waals surface area contributed by atoms with E-state index >= 15 is 0 Å². The smallest absolute Gasteiger partial charge is 0.293 e. The molecule has 136 valence electrons. The van der Waals surface area contributed by atoms with E-state index < -0.39 is 0 Å². The topological polar surface area (TPSA) is 55.8 Å². The molecule has 1 aliphatic rings. The summed E-state index contributed by atoms with van der Waals surface area (Å²) in [6.07, 6.45) is 2.52. The number of nitrogens with zero attached hydrogens (tertiary/aromatic N) is 1. The maximum atomic E-state index is 12.4. The predicted octanol–water partition coefficient (Wildman–Crippen LogP) is 4.92. The van der Waals surface area contributed by atoms with E-state index in [-0.39, 0.29) is 17.3 Å². The maximum absolute atomic E-state index is 12.4. The number of carbonyl (C=O) groups is 2. The highest BCUT2D eigenvalue weighted by molar-refractivity contribution is 14.1. The van der Waals surface area contributed by atoms with E-state index in [4.69, 9.17) is 9.47 Å². The van der Waals surface area contributed by atoms with Crippen molar-refractivity contribution in [3.8, 4) is 11.5 Å². The number of rotatable bonds is 7. The van der Waals surface area contributed by atoms with Crippen molar-refractivity contribution in [1.29, 1.82) is 0 Å². The lowest BCUT2D eigenvalue weighted by Crippen LogP contribution is -2.28. The van der Waals surface area contributed by atoms with Crippen LogP contribution in [0.4, 0.5) is 4.79 Å². The van der Waals surface area contributed by atoms with Crippen molar-refractivity contribution < 1.29 is 19.1 Å². The number of carbonyl (C=O) groups excluding carboxylic acids is 2. The first-order valence-electron chi connectivity index (χ1n) is 8.25. The number of benzene rings is 1. The summed E-state index contributed by atoms with van der Waals surface area (Å²) >= 11 is 3.18. The van der Waals surface area contributed by atoms with Gasteiger partial charge in [0.05, 0.1) is 21.2 Å². The van der Waals surface area contributed by atoms with Crippen molar-refractivity contribution in [3.05, 3.63) is 26.2 Å². The van der Waals surface area contributed by atoms with Gasteiger partial charge in [-0.25, -0.2) is 0 Å². The van der Waals surface area contributed by atoms with Crippen LogP contribution in [0.2, 0.25) is 0 Å². The van der Waals surface area contributed by atoms with Gasteiger partial charge in [-0.1, -0.05) is 6.92 Å². The van der Waals surface area contributed by atoms with Gasteiger partial charge in [-0.05, 0) is 85.3 Å². The van der Waals surface area contributed by atoms with E-state index in [1.807, 2.05) is 39.8 Å². The van der Waals surface area contributed by atoms with Crippen LogP contribution < -0.4 is 9.47 Å². The quantitative estimate of drug-likeness (QED) is 0.414. The minimum Gasteiger partial charge on any atom is -0.490 e. The molecule has 1 aromatic rings. The minimum atomic E-state index is -0.229. The van der Waals surface area contributed by atoms with Gasteiger partial charge in [-0.2, -0.15) is 0 Å². The van der Waals surface area contributed by atoms with Gasteiger partial charge < -0.3 is 9.47 Å². The lowest BCUT2D eigenvalue weighted by Gasteiger charge is -2.17. The van der Waals surface area contributed by atoms with Crippen molar-refractivity contribution in [2.75, 3.05) is 13.2 Å². The fourth-order valence-corrected chi connectivity index (χ4v) is 3.97. The summed E-state index contributed by atoms with van der Waals surface area (Å²) in [7, 11) is 0. The number of ether oxygens (including phenoxy) is 2. The molecule has 1 heterocycles. The Morgan fingerprint density at radius 2 is 2.00 bits per heavy atom. The van der Waals surface area contributed by atoms with Gasteiger partial charge in [0.1, 0.15) is 0 Å². The molecule has 0 atom stereocenters. The summed E-state index contributed by atoms with van der Waals surface area (Å²) in [6, 6.07) is 3.77. The molecule has 0 aliphatic carbocycles. The first-order valence-corrected chi connectivity index (χ1v) is 10.1. The highest BCUT2D eigenvalue weighted by Gasteiger charge is 2.34. The Labute approximate surface area is 166 Å². The Balaban J connectivity index is 2.37. The van der Waals surface area contributed by atoms with Gasteiger partial charge in [0.15, 0.2) is 11.5 Å². The van der Waals surface area contributed by atoms with Crippen LogP contribution in [0.5, 0.6) is 11.5 Å². The van der Waals surface area contributed by atoms with Crippen LogP contribution in [-0.4, -0.2) is 35.3 Å². The third-order valence-corrected chi connectivity index (χ3v) is 5.01. The first kappa shape index (κ1) is 20.1. The average Bonchev–Trinajstić information content (AvgIpc) is 2.79. The maximum Gasteiger partial charge on any atom is 0.293 e. The fourth-order valence-electron chi connectivity index (χ4n) is 2.35. The lowest BCUT2D eigenvalue weighted by molar-refractivity contribution is -0.122. The molecule has 2 amide bonds. The molecule has 0 radical (unpaired) electrons. The molecule has 0 saturated carbocycles. The molecule has 1 fully saturated rings. The molecule has 0 unspecified atom stereocenters. The van der Waals surface area contributed by atoms with Gasteiger partial charge >= 0.3 is 0 Å². The SMILES string of the molecule is CCCN1C(=O)S/C(=C/c2cc(I)c(OC(C)C)c(OCC)c2)C1=O. The summed E-state index contributed by atoms with van der Waals surface area (Å²) in [5.74, 6) is 1.11. The van der Waals surface area contributed by atoms with Crippen molar-refractivity contribution in [3.63, 3.8) is 0 Å². The number of hydrogen-bond acceptors (Lipinski definition) is 5. The summed E-state index contributed by atoms with van der Waals surface area (Å²) in [4.78, 5) is 26.1. The predicted molar refractivity (Wildman–Crippen MR) is 109 cm³/mol. The molecule has 0 N–H and O–H groups in total. The molecule has 0 bridgehead atoms. The van der Waals surface area contributed by atoms with Crippen molar-refractivity contribution in [1.82, 2.24) is 4.90 Å². The first-order chi connectivity index (χ1) is 11.9. The second kappa shape index (κ2) is 8.93. The Bertz CT molecular complexity index is 703. The summed E-state index contributed by atoms with van der Waals surface area (Å²) in [6.45, 7) is 8.74. The van der Waals surface area contributed by atoms with Crippen LogP contribution in [0.1, 0.15) is 39.7 Å². The van der Waals surface area contributed by atoms with E-state index in [9.17, 15) is 9.59 Å². The number of thioether (sulfide) groups is 1. The zero-order valence-corrected chi connectivity index (χ0v) is 17.8. The zero-order chi connectivity index (χ0) is 18.6. The molecule has 25 heavy (non-hydrogen) atoms. The minimum absolute atomic E-state index is 0.0316. The van der Waals surface area contributed by atoms with Crippen LogP contribution in [0.25, 0.3) is 6.08 Å². The Hall–Kier alpha value is -1.22. The van der Waals surface area contributed by atoms with Crippen molar-refractivity contribution in [2.45, 2.75) is 40.2 Å². The van der Waals surface area contributed by atoms with Crippen molar-refractivity contribution in [2.24, 2.45) is 0 Å². The van der Waals surface area contributed by atoms with Crippen LogP contribution in [0, 0.1) is 3.57 Å². The molecule has 1 aliphatic heterocycles. The molecule has 7 heteroatoms. The normalized spacial score (nSPS) is 16.2. The lowest BCUT2D eigenvalue weighted by atomic mass is 10.1. The average molecular weight is 475 g/mol. The molecular weight excluding hydrogens is 453 g/mol. The number of halogens is 1. The molecule has 5 nitrogen and oxygen atoms in total.